The summed E-state index contributed by atoms with van der Waals surface area (Å²) in [7, 11) is 0. The quantitative estimate of drug-likeness (QED) is 0.160. The maximum absolute atomic E-state index is 6.45. The number of fused-ring (bicyclic) bond motifs is 7. The molecule has 0 bridgehead atoms. The first-order valence-corrected chi connectivity index (χ1v) is 21.8. The average Bonchev–Trinajstić information content (AvgIpc) is 3.84. The number of anilines is 3. The van der Waals surface area contributed by atoms with Crippen molar-refractivity contribution in [3.63, 3.8) is 0 Å². The highest BCUT2D eigenvalue weighted by atomic mass is 16.3. The topological polar surface area (TPSA) is 16.4 Å². The second-order valence-corrected chi connectivity index (χ2v) is 17.3. The summed E-state index contributed by atoms with van der Waals surface area (Å²) in [6.07, 6.45) is 0. The first kappa shape index (κ1) is 36.9. The number of para-hydroxylation sites is 2. The Morgan fingerprint density at radius 2 is 0.857 bits per heavy atom. The Bertz CT molecular complexity index is 3540. The van der Waals surface area contributed by atoms with Gasteiger partial charge in [-0.1, -0.05) is 178 Å². The molecule has 0 unspecified atom stereocenters. The van der Waals surface area contributed by atoms with Crippen LogP contribution in [0.2, 0.25) is 0 Å². The molecule has 2 heteroatoms. The van der Waals surface area contributed by atoms with Crippen molar-refractivity contribution in [3.05, 3.63) is 236 Å². The van der Waals surface area contributed by atoms with Crippen LogP contribution < -0.4 is 4.90 Å². The Labute approximate surface area is 368 Å². The minimum Gasteiger partial charge on any atom is -0.455 e. The Hall–Kier alpha value is -7.94. The summed E-state index contributed by atoms with van der Waals surface area (Å²) in [5.41, 5.74) is 19.8. The molecule has 0 N–H and O–H groups in total. The summed E-state index contributed by atoms with van der Waals surface area (Å²) < 4.78 is 6.45. The van der Waals surface area contributed by atoms with Crippen molar-refractivity contribution in [3.8, 4) is 55.6 Å². The molecule has 0 fully saturated rings. The second-order valence-electron chi connectivity index (χ2n) is 17.3. The van der Waals surface area contributed by atoms with E-state index in [-0.39, 0.29) is 5.41 Å². The minimum absolute atomic E-state index is 0.118. The van der Waals surface area contributed by atoms with Gasteiger partial charge in [0.05, 0.1) is 0 Å². The van der Waals surface area contributed by atoms with Crippen LogP contribution >= 0.6 is 0 Å². The summed E-state index contributed by atoms with van der Waals surface area (Å²) in [5.74, 6) is 0. The third-order valence-electron chi connectivity index (χ3n) is 13.3. The molecule has 1 heterocycles. The molecule has 1 aliphatic carbocycles. The predicted octanol–water partition coefficient (Wildman–Crippen LogP) is 17.2. The van der Waals surface area contributed by atoms with Gasteiger partial charge in [0.25, 0.3) is 0 Å². The van der Waals surface area contributed by atoms with E-state index in [0.29, 0.717) is 0 Å². The van der Waals surface area contributed by atoms with Crippen LogP contribution in [-0.2, 0) is 5.41 Å². The van der Waals surface area contributed by atoms with Gasteiger partial charge < -0.3 is 9.32 Å². The summed E-state index contributed by atoms with van der Waals surface area (Å²) in [5, 5.41) is 4.78. The Kier molecular flexibility index (Phi) is 8.55. The van der Waals surface area contributed by atoms with Gasteiger partial charge in [-0.05, 0) is 133 Å². The van der Waals surface area contributed by atoms with Gasteiger partial charge in [-0.25, -0.2) is 0 Å². The van der Waals surface area contributed by atoms with E-state index in [4.69, 9.17) is 4.42 Å². The molecule has 0 radical (unpaired) electrons. The molecule has 0 amide bonds. The molecular formula is C61H43NO. The first-order chi connectivity index (χ1) is 31.0. The number of furan rings is 1. The largest absolute Gasteiger partial charge is 0.455 e. The van der Waals surface area contributed by atoms with E-state index in [1.165, 1.54) is 66.4 Å². The highest BCUT2D eigenvalue weighted by Gasteiger charge is 2.35. The Morgan fingerprint density at radius 3 is 1.60 bits per heavy atom. The van der Waals surface area contributed by atoms with Crippen molar-refractivity contribution >= 4 is 49.8 Å². The van der Waals surface area contributed by atoms with Gasteiger partial charge >= 0.3 is 0 Å². The van der Waals surface area contributed by atoms with Gasteiger partial charge in [-0.2, -0.15) is 0 Å². The van der Waals surface area contributed by atoms with Crippen LogP contribution in [0.5, 0.6) is 0 Å². The van der Waals surface area contributed by atoms with Crippen molar-refractivity contribution in [1.29, 1.82) is 0 Å². The summed E-state index contributed by atoms with van der Waals surface area (Å²) in [4.78, 5) is 2.39. The van der Waals surface area contributed by atoms with Gasteiger partial charge in [0.15, 0.2) is 0 Å². The molecule has 2 nitrogen and oxygen atoms in total. The molecule has 1 aliphatic rings. The van der Waals surface area contributed by atoms with E-state index in [9.17, 15) is 0 Å². The van der Waals surface area contributed by atoms with Crippen LogP contribution in [0.4, 0.5) is 17.1 Å². The van der Waals surface area contributed by atoms with E-state index >= 15 is 0 Å². The molecule has 0 spiro atoms. The number of nitrogens with zero attached hydrogens (tertiary/aromatic N) is 1. The van der Waals surface area contributed by atoms with Crippen molar-refractivity contribution in [1.82, 2.24) is 0 Å². The molecule has 298 valence electrons. The third kappa shape index (κ3) is 6.25. The maximum Gasteiger partial charge on any atom is 0.143 e. The average molecular weight is 806 g/mol. The van der Waals surface area contributed by atoms with E-state index < -0.39 is 0 Å². The molecule has 63 heavy (non-hydrogen) atoms. The Balaban J connectivity index is 0.910. The molecule has 0 saturated heterocycles. The molecule has 0 atom stereocenters. The smallest absolute Gasteiger partial charge is 0.143 e. The second kappa shape index (κ2) is 14.6. The lowest BCUT2D eigenvalue weighted by Gasteiger charge is -2.28. The summed E-state index contributed by atoms with van der Waals surface area (Å²) >= 11 is 0. The molecule has 12 rings (SSSR count). The zero-order valence-corrected chi connectivity index (χ0v) is 35.2. The fourth-order valence-corrected chi connectivity index (χ4v) is 9.97. The summed E-state index contributed by atoms with van der Waals surface area (Å²) in [6, 6.07) is 81.7. The van der Waals surface area contributed by atoms with Crippen LogP contribution in [0.3, 0.4) is 0 Å². The Morgan fingerprint density at radius 1 is 0.333 bits per heavy atom. The fraction of sp³-hybridized carbons (Fsp3) is 0.0492. The SMILES string of the molecule is CC1(C)c2ccccc2-c2ccc(N(c3ccc(-c4cccc(-c5cccc(-c6ccc7ccccc7c6)c5)c4)cc3)c3ccc(-c4cccc5c4oc4ccccc45)cc3)cc21. The predicted molar refractivity (Wildman–Crippen MR) is 265 cm³/mol. The lowest BCUT2D eigenvalue weighted by atomic mass is 9.82. The van der Waals surface area contributed by atoms with Crippen LogP contribution in [-0.4, -0.2) is 0 Å². The van der Waals surface area contributed by atoms with Gasteiger partial charge in [0.1, 0.15) is 11.2 Å². The van der Waals surface area contributed by atoms with E-state index in [1.54, 1.807) is 0 Å². The zero-order valence-electron chi connectivity index (χ0n) is 35.2. The van der Waals surface area contributed by atoms with E-state index in [2.05, 4.69) is 231 Å². The lowest BCUT2D eigenvalue weighted by molar-refractivity contribution is 0.660. The molecular weight excluding hydrogens is 763 g/mol. The van der Waals surface area contributed by atoms with Gasteiger partial charge in [-0.3, -0.25) is 0 Å². The molecule has 0 aliphatic heterocycles. The maximum atomic E-state index is 6.45. The molecule has 11 aromatic rings. The highest BCUT2D eigenvalue weighted by molar-refractivity contribution is 6.09. The fourth-order valence-electron chi connectivity index (χ4n) is 9.97. The summed E-state index contributed by atoms with van der Waals surface area (Å²) in [6.45, 7) is 4.70. The standard InChI is InChI=1S/C61H43NO/c1-61(2)57-22-7-5-18-53(57)54-35-34-51(39-58(54)61)62(50-32-28-42(29-33-50)52-20-11-21-56-55-19-6-8-23-59(55)63-60(52)56)49-30-26-41(27-31-49)44-14-9-15-45(36-44)46-16-10-17-47(38-46)48-25-24-40-12-3-4-13-43(40)37-48/h3-39H,1-2H3. The van der Waals surface area contributed by atoms with Crippen LogP contribution in [0.1, 0.15) is 25.0 Å². The third-order valence-corrected chi connectivity index (χ3v) is 13.3. The van der Waals surface area contributed by atoms with Crippen LogP contribution in [0, 0.1) is 0 Å². The molecule has 1 aromatic heterocycles. The normalized spacial score (nSPS) is 12.7. The lowest BCUT2D eigenvalue weighted by Crippen LogP contribution is -2.16. The van der Waals surface area contributed by atoms with E-state index in [0.717, 1.165) is 50.1 Å². The number of hydrogen-bond acceptors (Lipinski definition) is 2. The van der Waals surface area contributed by atoms with Crippen LogP contribution in [0.15, 0.2) is 229 Å². The van der Waals surface area contributed by atoms with Crippen LogP contribution in [0.25, 0.3) is 88.3 Å². The van der Waals surface area contributed by atoms with Gasteiger partial charge in [0.2, 0.25) is 0 Å². The first-order valence-electron chi connectivity index (χ1n) is 21.8. The van der Waals surface area contributed by atoms with Gasteiger partial charge in [0, 0.05) is 38.8 Å². The number of hydrogen-bond donors (Lipinski definition) is 0. The van der Waals surface area contributed by atoms with Gasteiger partial charge in [-0.15, -0.1) is 0 Å². The number of rotatable bonds is 7. The minimum atomic E-state index is -0.118. The van der Waals surface area contributed by atoms with Crippen molar-refractivity contribution in [2.24, 2.45) is 0 Å². The number of benzene rings is 10. The van der Waals surface area contributed by atoms with E-state index in [1.807, 2.05) is 12.1 Å². The van der Waals surface area contributed by atoms with Crippen molar-refractivity contribution in [2.75, 3.05) is 4.90 Å². The molecule has 0 saturated carbocycles. The van der Waals surface area contributed by atoms with Crippen molar-refractivity contribution in [2.45, 2.75) is 19.3 Å². The highest BCUT2D eigenvalue weighted by Crippen LogP contribution is 2.51. The zero-order chi connectivity index (χ0) is 42.1. The molecule has 10 aromatic carbocycles. The van der Waals surface area contributed by atoms with Crippen molar-refractivity contribution < 1.29 is 4.42 Å². The monoisotopic (exact) mass is 805 g/mol.